The Labute approximate surface area is 184 Å². The quantitative estimate of drug-likeness (QED) is 0.456. The number of aliphatic hydroxyl groups excluding tert-OH is 2. The predicted molar refractivity (Wildman–Crippen MR) is 121 cm³/mol. The molecule has 0 bridgehead atoms. The summed E-state index contributed by atoms with van der Waals surface area (Å²) in [4.78, 5) is 13.1. The number of hydrogen-bond donors (Lipinski definition) is 3. The average molecular weight is 429 g/mol. The van der Waals surface area contributed by atoms with Gasteiger partial charge in [-0.1, -0.05) is 24.3 Å². The molecule has 0 amide bonds. The lowest BCUT2D eigenvalue weighted by atomic mass is 10.0. The van der Waals surface area contributed by atoms with Crippen LogP contribution in [0.15, 0.2) is 48.9 Å². The molecule has 0 spiro atoms. The average Bonchev–Trinajstić information content (AvgIpc) is 3.50. The van der Waals surface area contributed by atoms with Crippen molar-refractivity contribution >= 4 is 33.8 Å². The third-order valence-electron chi connectivity index (χ3n) is 6.47. The molecular formula is C24H23N5O3. The number of nitrogen functional groups attached to an aromatic ring is 1. The van der Waals surface area contributed by atoms with Crippen molar-refractivity contribution in [3.8, 4) is 0 Å². The van der Waals surface area contributed by atoms with Gasteiger partial charge in [0.05, 0.1) is 22.7 Å². The molecule has 1 fully saturated rings. The Bertz CT molecular complexity index is 1360. The van der Waals surface area contributed by atoms with E-state index in [0.29, 0.717) is 29.7 Å². The predicted octanol–water partition coefficient (Wildman–Crippen LogP) is 2.38. The van der Waals surface area contributed by atoms with E-state index in [9.17, 15) is 10.2 Å². The smallest absolute Gasteiger partial charge is 0.164 e. The minimum Gasteiger partial charge on any atom is -0.388 e. The molecule has 0 saturated carbocycles. The van der Waals surface area contributed by atoms with Crippen LogP contribution in [-0.4, -0.2) is 48.0 Å². The highest BCUT2D eigenvalue weighted by Crippen LogP contribution is 2.34. The van der Waals surface area contributed by atoms with Crippen LogP contribution in [0.3, 0.4) is 0 Å². The summed E-state index contributed by atoms with van der Waals surface area (Å²) in [6.07, 6.45) is 6.22. The summed E-state index contributed by atoms with van der Waals surface area (Å²) in [6.45, 7) is 0. The maximum atomic E-state index is 10.7. The fourth-order valence-electron chi connectivity index (χ4n) is 4.73. The lowest BCUT2D eigenvalue weighted by Gasteiger charge is -2.17. The van der Waals surface area contributed by atoms with Gasteiger partial charge in [-0.3, -0.25) is 4.98 Å². The fraction of sp³-hybridized carbons (Fsp3) is 0.292. The van der Waals surface area contributed by atoms with E-state index in [4.69, 9.17) is 15.5 Å². The van der Waals surface area contributed by atoms with Crippen molar-refractivity contribution in [2.45, 2.75) is 43.8 Å². The zero-order chi connectivity index (χ0) is 21.8. The van der Waals surface area contributed by atoms with E-state index in [1.165, 1.54) is 11.9 Å². The number of aryl methyl sites for hydroxylation is 1. The first kappa shape index (κ1) is 19.4. The van der Waals surface area contributed by atoms with Crippen molar-refractivity contribution in [2.24, 2.45) is 0 Å². The Morgan fingerprint density at radius 1 is 1.12 bits per heavy atom. The van der Waals surface area contributed by atoms with Crippen LogP contribution in [0.2, 0.25) is 0 Å². The van der Waals surface area contributed by atoms with Gasteiger partial charge >= 0.3 is 0 Å². The molecular weight excluding hydrogens is 406 g/mol. The molecule has 6 rings (SSSR count). The van der Waals surface area contributed by atoms with Crippen molar-refractivity contribution in [1.29, 1.82) is 0 Å². The van der Waals surface area contributed by atoms with Gasteiger partial charge in [-0.25, -0.2) is 9.97 Å². The van der Waals surface area contributed by atoms with Crippen LogP contribution in [-0.2, 0) is 17.6 Å². The summed E-state index contributed by atoms with van der Waals surface area (Å²) in [7, 11) is 0. The van der Waals surface area contributed by atoms with Crippen molar-refractivity contribution < 1.29 is 14.9 Å². The van der Waals surface area contributed by atoms with E-state index in [-0.39, 0.29) is 0 Å². The van der Waals surface area contributed by atoms with E-state index in [1.54, 1.807) is 16.8 Å². The monoisotopic (exact) mass is 429 g/mol. The molecule has 1 aromatic carbocycles. The maximum Gasteiger partial charge on any atom is 0.164 e. The molecule has 4 heterocycles. The van der Waals surface area contributed by atoms with Gasteiger partial charge in [-0.05, 0) is 42.2 Å². The van der Waals surface area contributed by atoms with E-state index in [0.717, 1.165) is 28.6 Å². The van der Waals surface area contributed by atoms with Gasteiger partial charge in [0.15, 0.2) is 6.23 Å². The van der Waals surface area contributed by atoms with E-state index in [2.05, 4.69) is 46.4 Å². The normalized spacial score (nSPS) is 24.6. The first-order chi connectivity index (χ1) is 15.6. The lowest BCUT2D eigenvalue weighted by molar-refractivity contribution is -0.0364. The first-order valence-corrected chi connectivity index (χ1v) is 10.8. The van der Waals surface area contributed by atoms with Crippen LogP contribution in [0.5, 0.6) is 0 Å². The molecule has 8 nitrogen and oxygen atoms in total. The summed E-state index contributed by atoms with van der Waals surface area (Å²) in [5.41, 5.74) is 10.9. The maximum absolute atomic E-state index is 10.7. The van der Waals surface area contributed by atoms with Crippen LogP contribution < -0.4 is 5.73 Å². The van der Waals surface area contributed by atoms with Gasteiger partial charge < -0.3 is 25.3 Å². The third-order valence-corrected chi connectivity index (χ3v) is 6.47. The Morgan fingerprint density at radius 2 is 2.03 bits per heavy atom. The number of aromatic nitrogens is 4. The summed E-state index contributed by atoms with van der Waals surface area (Å²) in [6, 6.07) is 10.2. The van der Waals surface area contributed by atoms with Gasteiger partial charge in [0.25, 0.3) is 0 Å². The van der Waals surface area contributed by atoms with Crippen molar-refractivity contribution in [3.05, 3.63) is 65.8 Å². The third kappa shape index (κ3) is 3.07. The standard InChI is InChI=1S/C24H23N5O3/c25-22-16-8-9-29(23(16)27-12-26-22)24-21(31)20(30)19(32-24)7-5-13-4-6-15-11-14-2-1-3-17(14)28-18(15)10-13/h1-2,4,6,8-12,19-21,24,30-31H,3,5,7H2,(H2,25,26,27)/t19-,20-,21-,24-/m1/s1. The van der Waals surface area contributed by atoms with Crippen LogP contribution >= 0.6 is 0 Å². The van der Waals surface area contributed by atoms with Crippen molar-refractivity contribution in [1.82, 2.24) is 19.5 Å². The number of fused-ring (bicyclic) bond motifs is 3. The molecule has 1 aliphatic carbocycles. The van der Waals surface area contributed by atoms with E-state index >= 15 is 0 Å². The zero-order valence-corrected chi connectivity index (χ0v) is 17.3. The lowest BCUT2D eigenvalue weighted by Crippen LogP contribution is -2.31. The van der Waals surface area contributed by atoms with Crippen LogP contribution in [0.1, 0.15) is 29.5 Å². The number of anilines is 1. The van der Waals surface area contributed by atoms with Gasteiger partial charge in [-0.2, -0.15) is 0 Å². The molecule has 32 heavy (non-hydrogen) atoms. The highest BCUT2D eigenvalue weighted by Gasteiger charge is 2.43. The molecule has 4 atom stereocenters. The number of aliphatic hydroxyl groups is 2. The van der Waals surface area contributed by atoms with Gasteiger partial charge in [0, 0.05) is 18.0 Å². The van der Waals surface area contributed by atoms with Gasteiger partial charge in [-0.15, -0.1) is 0 Å². The molecule has 162 valence electrons. The molecule has 4 N–H and O–H groups in total. The SMILES string of the molecule is Nc1ncnc2c1ccn2[C@@H]1O[C@H](CCc2ccc3cc4c(nc3c2)CC=C4)[C@@H](O)[C@H]1O. The molecule has 2 aliphatic rings. The number of ether oxygens (including phenoxy) is 1. The number of rotatable bonds is 4. The fourth-order valence-corrected chi connectivity index (χ4v) is 4.73. The Hall–Kier alpha value is -3.33. The number of allylic oxidation sites excluding steroid dienone is 1. The topological polar surface area (TPSA) is 119 Å². The Kier molecular flexibility index (Phi) is 4.46. The molecule has 1 aliphatic heterocycles. The van der Waals surface area contributed by atoms with Crippen LogP contribution in [0.4, 0.5) is 5.82 Å². The Morgan fingerprint density at radius 3 is 2.94 bits per heavy atom. The first-order valence-electron chi connectivity index (χ1n) is 10.8. The molecule has 3 aromatic heterocycles. The van der Waals surface area contributed by atoms with Crippen LogP contribution in [0.25, 0.3) is 28.0 Å². The minimum absolute atomic E-state index is 0.365. The van der Waals surface area contributed by atoms with Crippen molar-refractivity contribution in [2.75, 3.05) is 5.73 Å². The molecule has 1 saturated heterocycles. The van der Waals surface area contributed by atoms with E-state index in [1.807, 2.05) is 0 Å². The molecule has 4 aromatic rings. The van der Waals surface area contributed by atoms with E-state index < -0.39 is 24.5 Å². The second-order valence-electron chi connectivity index (χ2n) is 8.46. The highest BCUT2D eigenvalue weighted by molar-refractivity contribution is 5.86. The second kappa shape index (κ2) is 7.37. The van der Waals surface area contributed by atoms with Gasteiger partial charge in [0.1, 0.15) is 30.0 Å². The number of benzene rings is 1. The number of pyridine rings is 1. The summed E-state index contributed by atoms with van der Waals surface area (Å²) in [5.74, 6) is 0.365. The van der Waals surface area contributed by atoms with Crippen LogP contribution in [0, 0.1) is 0 Å². The molecule has 0 unspecified atom stereocenters. The summed E-state index contributed by atoms with van der Waals surface area (Å²) >= 11 is 0. The zero-order valence-electron chi connectivity index (χ0n) is 17.3. The molecule has 0 radical (unpaired) electrons. The largest absolute Gasteiger partial charge is 0.388 e. The second-order valence-corrected chi connectivity index (χ2v) is 8.46. The van der Waals surface area contributed by atoms with Gasteiger partial charge in [0.2, 0.25) is 0 Å². The summed E-state index contributed by atoms with van der Waals surface area (Å²) < 4.78 is 7.79. The molecule has 8 heteroatoms. The number of nitrogens with zero attached hydrogens (tertiary/aromatic N) is 4. The number of hydrogen-bond acceptors (Lipinski definition) is 7. The van der Waals surface area contributed by atoms with Crippen molar-refractivity contribution in [3.63, 3.8) is 0 Å². The summed E-state index contributed by atoms with van der Waals surface area (Å²) in [5, 5.41) is 23.1. The number of nitrogens with two attached hydrogens (primary N) is 1. The highest BCUT2D eigenvalue weighted by atomic mass is 16.6. The minimum atomic E-state index is -1.07. The Balaban J connectivity index is 1.20.